The van der Waals surface area contributed by atoms with Gasteiger partial charge in [-0.25, -0.2) is 9.97 Å². The summed E-state index contributed by atoms with van der Waals surface area (Å²) >= 11 is 0. The van der Waals surface area contributed by atoms with Gasteiger partial charge in [0.15, 0.2) is 0 Å². The quantitative estimate of drug-likeness (QED) is 0.694. The molecule has 0 saturated carbocycles. The second-order valence-electron chi connectivity index (χ2n) is 4.31. The zero-order valence-electron chi connectivity index (χ0n) is 10.7. The van der Waals surface area contributed by atoms with Crippen molar-refractivity contribution < 1.29 is 14.6 Å². The van der Waals surface area contributed by atoms with E-state index in [0.717, 1.165) is 24.6 Å². The van der Waals surface area contributed by atoms with E-state index in [0.29, 0.717) is 26.3 Å². The molecule has 2 N–H and O–H groups in total. The number of aliphatic carboxylic acids is 1. The number of nitrogens with one attached hydrogen (secondary N) is 1. The molecule has 19 heavy (non-hydrogen) atoms. The van der Waals surface area contributed by atoms with Crippen LogP contribution >= 0.6 is 0 Å². The summed E-state index contributed by atoms with van der Waals surface area (Å²) in [5, 5.41) is 11.5. The molecule has 1 aromatic rings. The maximum Gasteiger partial charge on any atom is 0.304 e. The van der Waals surface area contributed by atoms with Gasteiger partial charge in [0.1, 0.15) is 0 Å². The van der Waals surface area contributed by atoms with Gasteiger partial charge >= 0.3 is 5.97 Å². The number of carboxylic acids is 1. The average molecular weight is 266 g/mol. The summed E-state index contributed by atoms with van der Waals surface area (Å²) in [5.74, 6) is -0.0796. The Balaban J connectivity index is 1.79. The molecule has 104 valence electrons. The van der Waals surface area contributed by atoms with E-state index < -0.39 is 5.97 Å². The Morgan fingerprint density at radius 2 is 2.05 bits per heavy atom. The minimum absolute atomic E-state index is 0.118. The predicted molar refractivity (Wildman–Crippen MR) is 69.0 cm³/mol. The first kappa shape index (κ1) is 13.7. The monoisotopic (exact) mass is 266 g/mol. The van der Waals surface area contributed by atoms with Crippen LogP contribution in [0.4, 0.5) is 5.95 Å². The molecule has 0 amide bonds. The van der Waals surface area contributed by atoms with E-state index in [9.17, 15) is 4.79 Å². The van der Waals surface area contributed by atoms with Crippen LogP contribution in [0.2, 0.25) is 0 Å². The molecule has 7 nitrogen and oxygen atoms in total. The molecule has 1 aliphatic rings. The van der Waals surface area contributed by atoms with E-state index in [1.165, 1.54) is 0 Å². The van der Waals surface area contributed by atoms with Gasteiger partial charge in [-0.05, 0) is 0 Å². The molecule has 0 aromatic carbocycles. The lowest BCUT2D eigenvalue weighted by atomic mass is 10.3. The summed E-state index contributed by atoms with van der Waals surface area (Å²) in [6, 6.07) is 0. The summed E-state index contributed by atoms with van der Waals surface area (Å²) < 4.78 is 5.27. The highest BCUT2D eigenvalue weighted by molar-refractivity contribution is 5.66. The highest BCUT2D eigenvalue weighted by Crippen LogP contribution is 2.09. The van der Waals surface area contributed by atoms with Crippen LogP contribution in [0.15, 0.2) is 12.4 Å². The largest absolute Gasteiger partial charge is 0.481 e. The molecule has 1 aliphatic heterocycles. The molecule has 1 fully saturated rings. The number of nitrogens with zero attached hydrogens (tertiary/aromatic N) is 3. The smallest absolute Gasteiger partial charge is 0.304 e. The molecule has 0 radical (unpaired) electrons. The van der Waals surface area contributed by atoms with Crippen molar-refractivity contribution in [3.05, 3.63) is 18.0 Å². The summed E-state index contributed by atoms with van der Waals surface area (Å²) in [7, 11) is 0. The number of aromatic nitrogens is 2. The predicted octanol–water partition coefficient (Wildman–Crippen LogP) is -0.123. The summed E-state index contributed by atoms with van der Waals surface area (Å²) in [4.78, 5) is 21.1. The minimum atomic E-state index is -0.800. The van der Waals surface area contributed by atoms with Crippen molar-refractivity contribution >= 4 is 11.9 Å². The molecule has 1 aromatic heterocycles. The number of hydrogen-bond acceptors (Lipinski definition) is 6. The van der Waals surface area contributed by atoms with Crippen LogP contribution < -0.4 is 10.2 Å². The van der Waals surface area contributed by atoms with Gasteiger partial charge in [-0.15, -0.1) is 0 Å². The Morgan fingerprint density at radius 1 is 1.37 bits per heavy atom. The van der Waals surface area contributed by atoms with E-state index in [4.69, 9.17) is 9.84 Å². The summed E-state index contributed by atoms with van der Waals surface area (Å²) in [6.45, 7) is 4.08. The Bertz CT molecular complexity index is 404. The van der Waals surface area contributed by atoms with Gasteiger partial charge in [-0.3, -0.25) is 4.79 Å². The highest BCUT2D eigenvalue weighted by atomic mass is 16.5. The Hall–Kier alpha value is -1.73. The molecule has 7 heteroatoms. The van der Waals surface area contributed by atoms with Gasteiger partial charge in [-0.2, -0.15) is 0 Å². The molecule has 0 atom stereocenters. The first-order valence-electron chi connectivity index (χ1n) is 6.32. The Morgan fingerprint density at radius 3 is 2.68 bits per heavy atom. The molecule has 2 rings (SSSR count). The number of rotatable bonds is 6. The lowest BCUT2D eigenvalue weighted by Gasteiger charge is -2.26. The highest BCUT2D eigenvalue weighted by Gasteiger charge is 2.13. The average Bonchev–Trinajstić information content (AvgIpc) is 2.45. The van der Waals surface area contributed by atoms with Crippen LogP contribution in [0.25, 0.3) is 0 Å². The number of carboxylic acid groups (broad SMARTS) is 1. The fourth-order valence-corrected chi connectivity index (χ4v) is 1.79. The van der Waals surface area contributed by atoms with Crippen molar-refractivity contribution in [2.75, 3.05) is 37.7 Å². The van der Waals surface area contributed by atoms with E-state index >= 15 is 0 Å². The van der Waals surface area contributed by atoms with Crippen LogP contribution in [0.5, 0.6) is 0 Å². The van der Waals surface area contributed by atoms with Crippen LogP contribution in [0.3, 0.4) is 0 Å². The number of morpholine rings is 1. The van der Waals surface area contributed by atoms with E-state index in [-0.39, 0.29) is 6.42 Å². The third kappa shape index (κ3) is 4.46. The van der Waals surface area contributed by atoms with Crippen molar-refractivity contribution in [2.45, 2.75) is 13.0 Å². The third-order valence-electron chi connectivity index (χ3n) is 2.83. The molecule has 1 saturated heterocycles. The maximum atomic E-state index is 10.3. The van der Waals surface area contributed by atoms with Crippen LogP contribution in [-0.2, 0) is 16.1 Å². The lowest BCUT2D eigenvalue weighted by Crippen LogP contribution is -2.37. The van der Waals surface area contributed by atoms with Crippen molar-refractivity contribution in [2.24, 2.45) is 0 Å². The minimum Gasteiger partial charge on any atom is -0.481 e. The van der Waals surface area contributed by atoms with Gasteiger partial charge in [0.05, 0.1) is 19.6 Å². The fraction of sp³-hybridized carbons (Fsp3) is 0.583. The fourth-order valence-electron chi connectivity index (χ4n) is 1.79. The van der Waals surface area contributed by atoms with Crippen LogP contribution in [0, 0.1) is 0 Å². The molecule has 0 aliphatic carbocycles. The zero-order chi connectivity index (χ0) is 13.5. The van der Waals surface area contributed by atoms with E-state index in [1.807, 2.05) is 0 Å². The SMILES string of the molecule is O=C(O)CCNCc1cnc(N2CCOCC2)nc1. The van der Waals surface area contributed by atoms with Gasteiger partial charge < -0.3 is 20.1 Å². The number of carbonyl (C=O) groups is 1. The van der Waals surface area contributed by atoms with Gasteiger partial charge in [0.2, 0.25) is 5.95 Å². The standard InChI is InChI=1S/C12H18N4O3/c17-11(18)1-2-13-7-10-8-14-12(15-9-10)16-3-5-19-6-4-16/h8-9,13H,1-7H2,(H,17,18). The molecular formula is C12H18N4O3. The molecule has 2 heterocycles. The Labute approximate surface area is 111 Å². The molecule has 0 spiro atoms. The second-order valence-corrected chi connectivity index (χ2v) is 4.31. The number of ether oxygens (including phenoxy) is 1. The van der Waals surface area contributed by atoms with Crippen molar-refractivity contribution in [1.29, 1.82) is 0 Å². The topological polar surface area (TPSA) is 87.6 Å². The third-order valence-corrected chi connectivity index (χ3v) is 2.83. The van der Waals surface area contributed by atoms with Crippen molar-refractivity contribution in [3.8, 4) is 0 Å². The first-order valence-corrected chi connectivity index (χ1v) is 6.32. The second kappa shape index (κ2) is 7.01. The Kier molecular flexibility index (Phi) is 5.05. The van der Waals surface area contributed by atoms with Gasteiger partial charge in [0, 0.05) is 44.1 Å². The maximum absolute atomic E-state index is 10.3. The molecule has 0 bridgehead atoms. The number of anilines is 1. The number of hydrogen-bond donors (Lipinski definition) is 2. The van der Waals surface area contributed by atoms with E-state index in [1.54, 1.807) is 12.4 Å². The van der Waals surface area contributed by atoms with Crippen LogP contribution in [0.1, 0.15) is 12.0 Å². The summed E-state index contributed by atoms with van der Waals surface area (Å²) in [6.07, 6.45) is 3.66. The summed E-state index contributed by atoms with van der Waals surface area (Å²) in [5.41, 5.74) is 0.947. The van der Waals surface area contributed by atoms with Gasteiger partial charge in [-0.1, -0.05) is 0 Å². The molecular weight excluding hydrogens is 248 g/mol. The molecule has 0 unspecified atom stereocenters. The van der Waals surface area contributed by atoms with Crippen LogP contribution in [-0.4, -0.2) is 53.9 Å². The van der Waals surface area contributed by atoms with Gasteiger partial charge in [0.25, 0.3) is 0 Å². The lowest BCUT2D eigenvalue weighted by molar-refractivity contribution is -0.136. The van der Waals surface area contributed by atoms with Crippen molar-refractivity contribution in [1.82, 2.24) is 15.3 Å². The van der Waals surface area contributed by atoms with E-state index in [2.05, 4.69) is 20.2 Å². The van der Waals surface area contributed by atoms with Crippen molar-refractivity contribution in [3.63, 3.8) is 0 Å². The normalized spacial score (nSPS) is 15.5. The zero-order valence-corrected chi connectivity index (χ0v) is 10.7. The first-order chi connectivity index (χ1) is 9.25.